The normalized spacial score (nSPS) is 10.2. The van der Waals surface area contributed by atoms with Crippen LogP contribution < -0.4 is 10.6 Å². The highest BCUT2D eigenvalue weighted by molar-refractivity contribution is 7.80. The molecule has 0 amide bonds. The highest BCUT2D eigenvalue weighted by Crippen LogP contribution is 2.27. The minimum atomic E-state index is 0.253. The second-order valence-corrected chi connectivity index (χ2v) is 4.79. The number of aromatic nitrogens is 1. The van der Waals surface area contributed by atoms with E-state index < -0.39 is 0 Å². The molecule has 0 fully saturated rings. The number of aromatic hydroxyl groups is 1. The smallest absolute Gasteiger partial charge is 0.171 e. The number of aryl methyl sites for hydroxylation is 1. The van der Waals surface area contributed by atoms with Crippen molar-refractivity contribution in [1.82, 2.24) is 10.3 Å². The molecule has 0 aromatic carbocycles. The summed E-state index contributed by atoms with van der Waals surface area (Å²) in [7, 11) is 0. The summed E-state index contributed by atoms with van der Waals surface area (Å²) in [6.07, 6.45) is 2.21. The van der Waals surface area contributed by atoms with E-state index in [1.54, 1.807) is 6.92 Å². The van der Waals surface area contributed by atoms with Gasteiger partial charge in [0.25, 0.3) is 0 Å². The predicted molar refractivity (Wildman–Crippen MR) is 79.2 cm³/mol. The summed E-state index contributed by atoms with van der Waals surface area (Å²) in [6, 6.07) is 0. The molecule has 0 radical (unpaired) electrons. The van der Waals surface area contributed by atoms with Crippen LogP contribution in [0.1, 0.15) is 36.6 Å². The summed E-state index contributed by atoms with van der Waals surface area (Å²) >= 11 is 5.20. The van der Waals surface area contributed by atoms with Crippen LogP contribution in [0, 0.1) is 20.8 Å². The van der Waals surface area contributed by atoms with Crippen LogP contribution in [-0.2, 0) is 0 Å². The number of pyridine rings is 1. The first-order valence-corrected chi connectivity index (χ1v) is 6.59. The van der Waals surface area contributed by atoms with Crippen molar-refractivity contribution in [2.45, 2.75) is 40.5 Å². The first-order chi connectivity index (χ1) is 8.47. The summed E-state index contributed by atoms with van der Waals surface area (Å²) in [5.41, 5.74) is 2.36. The van der Waals surface area contributed by atoms with Gasteiger partial charge in [0.05, 0.1) is 5.69 Å². The minimum absolute atomic E-state index is 0.253. The third-order valence-corrected chi connectivity index (χ3v) is 3.19. The van der Waals surface area contributed by atoms with Crippen molar-refractivity contribution in [1.29, 1.82) is 0 Å². The summed E-state index contributed by atoms with van der Waals surface area (Å²) in [5.74, 6) is 0.958. The Morgan fingerprint density at radius 3 is 2.56 bits per heavy atom. The Morgan fingerprint density at radius 1 is 1.28 bits per heavy atom. The fraction of sp³-hybridized carbons (Fsp3) is 0.538. The summed E-state index contributed by atoms with van der Waals surface area (Å²) in [4.78, 5) is 4.31. The standard InChI is InChI=1S/C13H21N3OS/c1-5-6-7-14-13(18)16-12-9(3)8(2)11(17)10(4)15-12/h17H,5-7H2,1-4H3,(H2,14,15,16,18). The fourth-order valence-electron chi connectivity index (χ4n) is 1.58. The Hall–Kier alpha value is -1.36. The number of rotatable bonds is 4. The molecule has 3 N–H and O–H groups in total. The molecule has 1 aromatic rings. The Morgan fingerprint density at radius 2 is 1.94 bits per heavy atom. The molecule has 0 bridgehead atoms. The third-order valence-electron chi connectivity index (χ3n) is 2.94. The molecule has 4 nitrogen and oxygen atoms in total. The number of nitrogens with one attached hydrogen (secondary N) is 2. The highest BCUT2D eigenvalue weighted by atomic mass is 32.1. The van der Waals surface area contributed by atoms with Crippen LogP contribution in [0.5, 0.6) is 5.75 Å². The van der Waals surface area contributed by atoms with Crippen molar-refractivity contribution in [2.24, 2.45) is 0 Å². The van der Waals surface area contributed by atoms with Crippen LogP contribution >= 0.6 is 12.2 Å². The number of thiocarbonyl (C=S) groups is 1. The molecule has 0 saturated heterocycles. The van der Waals surface area contributed by atoms with Crippen molar-refractivity contribution in [3.05, 3.63) is 16.8 Å². The van der Waals surface area contributed by atoms with Crippen LogP contribution in [0.2, 0.25) is 0 Å². The predicted octanol–water partition coefficient (Wildman–Crippen LogP) is 2.80. The molecule has 0 unspecified atom stereocenters. The lowest BCUT2D eigenvalue weighted by atomic mass is 10.1. The van der Waals surface area contributed by atoms with Gasteiger partial charge in [0.2, 0.25) is 0 Å². The van der Waals surface area contributed by atoms with Gasteiger partial charge >= 0.3 is 0 Å². The lowest BCUT2D eigenvalue weighted by molar-refractivity contribution is 0.463. The van der Waals surface area contributed by atoms with E-state index in [-0.39, 0.29) is 5.75 Å². The Balaban J connectivity index is 2.76. The van der Waals surface area contributed by atoms with Crippen LogP contribution in [0.25, 0.3) is 0 Å². The Labute approximate surface area is 114 Å². The first-order valence-electron chi connectivity index (χ1n) is 6.19. The molecule has 0 aliphatic heterocycles. The maximum absolute atomic E-state index is 9.78. The summed E-state index contributed by atoms with van der Waals surface area (Å²) in [6.45, 7) is 8.56. The highest BCUT2D eigenvalue weighted by Gasteiger charge is 2.11. The maximum atomic E-state index is 9.78. The van der Waals surface area contributed by atoms with Crippen LogP contribution in [0.3, 0.4) is 0 Å². The summed E-state index contributed by atoms with van der Waals surface area (Å²) < 4.78 is 0. The molecule has 1 heterocycles. The lowest BCUT2D eigenvalue weighted by Gasteiger charge is -2.15. The van der Waals surface area contributed by atoms with E-state index in [0.29, 0.717) is 16.6 Å². The van der Waals surface area contributed by atoms with Crippen LogP contribution in [0.4, 0.5) is 5.82 Å². The average Bonchev–Trinajstić information content (AvgIpc) is 2.33. The third kappa shape index (κ3) is 3.57. The maximum Gasteiger partial charge on any atom is 0.171 e. The lowest BCUT2D eigenvalue weighted by Crippen LogP contribution is -2.30. The van der Waals surface area contributed by atoms with Crippen LogP contribution in [-0.4, -0.2) is 21.7 Å². The topological polar surface area (TPSA) is 57.2 Å². The number of nitrogens with zero attached hydrogens (tertiary/aromatic N) is 1. The molecule has 100 valence electrons. The van der Waals surface area contributed by atoms with E-state index in [1.165, 1.54) is 0 Å². The average molecular weight is 267 g/mol. The molecule has 0 aliphatic carbocycles. The minimum Gasteiger partial charge on any atom is -0.506 e. The monoisotopic (exact) mass is 267 g/mol. The number of hydrogen-bond acceptors (Lipinski definition) is 3. The van der Waals surface area contributed by atoms with Gasteiger partial charge in [0.15, 0.2) is 5.11 Å². The van der Waals surface area contributed by atoms with Gasteiger partial charge in [-0.05, 0) is 50.5 Å². The van der Waals surface area contributed by atoms with Gasteiger partial charge in [-0.15, -0.1) is 0 Å². The molecule has 0 aliphatic rings. The van der Waals surface area contributed by atoms with E-state index in [0.717, 1.165) is 30.5 Å². The number of unbranched alkanes of at least 4 members (excludes halogenated alkanes) is 1. The van der Waals surface area contributed by atoms with E-state index in [1.807, 2.05) is 13.8 Å². The Bertz CT molecular complexity index is 446. The summed E-state index contributed by atoms with van der Waals surface area (Å²) in [5, 5.41) is 16.6. The van der Waals surface area contributed by atoms with Gasteiger partial charge in [-0.3, -0.25) is 0 Å². The SMILES string of the molecule is CCCCNC(=S)Nc1nc(C)c(O)c(C)c1C. The molecule has 0 spiro atoms. The number of anilines is 1. The molecule has 5 heteroatoms. The molecule has 1 aromatic heterocycles. The fourth-order valence-corrected chi connectivity index (χ4v) is 1.78. The van der Waals surface area contributed by atoms with E-state index in [9.17, 15) is 5.11 Å². The molecular formula is C13H21N3OS. The van der Waals surface area contributed by atoms with Gasteiger partial charge < -0.3 is 15.7 Å². The van der Waals surface area contributed by atoms with Crippen molar-refractivity contribution in [3.63, 3.8) is 0 Å². The van der Waals surface area contributed by atoms with Crippen LogP contribution in [0.15, 0.2) is 0 Å². The molecule has 18 heavy (non-hydrogen) atoms. The van der Waals surface area contributed by atoms with Gasteiger partial charge in [0.1, 0.15) is 11.6 Å². The largest absolute Gasteiger partial charge is 0.506 e. The van der Waals surface area contributed by atoms with Crippen molar-refractivity contribution >= 4 is 23.1 Å². The Kier molecular flexibility index (Phi) is 5.34. The zero-order valence-electron chi connectivity index (χ0n) is 11.4. The van der Waals surface area contributed by atoms with E-state index in [4.69, 9.17) is 12.2 Å². The van der Waals surface area contributed by atoms with E-state index in [2.05, 4.69) is 22.5 Å². The van der Waals surface area contributed by atoms with Gasteiger partial charge in [-0.2, -0.15) is 0 Å². The molecular weight excluding hydrogens is 246 g/mol. The second-order valence-electron chi connectivity index (χ2n) is 4.38. The quantitative estimate of drug-likeness (QED) is 0.578. The molecule has 1 rings (SSSR count). The van der Waals surface area contributed by atoms with Gasteiger partial charge in [-0.25, -0.2) is 4.98 Å². The van der Waals surface area contributed by atoms with Crippen molar-refractivity contribution in [2.75, 3.05) is 11.9 Å². The zero-order chi connectivity index (χ0) is 13.7. The zero-order valence-corrected chi connectivity index (χ0v) is 12.2. The first kappa shape index (κ1) is 14.7. The van der Waals surface area contributed by atoms with Gasteiger partial charge in [0, 0.05) is 6.54 Å². The van der Waals surface area contributed by atoms with Crippen molar-refractivity contribution < 1.29 is 5.11 Å². The molecule has 0 atom stereocenters. The van der Waals surface area contributed by atoms with Gasteiger partial charge in [-0.1, -0.05) is 13.3 Å². The van der Waals surface area contributed by atoms with Crippen molar-refractivity contribution in [3.8, 4) is 5.75 Å². The van der Waals surface area contributed by atoms with E-state index >= 15 is 0 Å². The molecule has 0 saturated carbocycles. The second kappa shape index (κ2) is 6.54. The number of hydrogen-bond donors (Lipinski definition) is 3.